The first-order valence-electron chi connectivity index (χ1n) is 7.30. The van der Waals surface area contributed by atoms with Crippen LogP contribution >= 0.6 is 11.8 Å². The van der Waals surface area contributed by atoms with Crippen molar-refractivity contribution in [2.75, 3.05) is 11.6 Å². The highest BCUT2D eigenvalue weighted by atomic mass is 32.2. The lowest BCUT2D eigenvalue weighted by atomic mass is 10.1. The van der Waals surface area contributed by atoms with Crippen LogP contribution in [0.25, 0.3) is 0 Å². The molecule has 1 amide bonds. The van der Waals surface area contributed by atoms with Crippen molar-refractivity contribution in [3.8, 4) is 6.19 Å². The van der Waals surface area contributed by atoms with Gasteiger partial charge in [0.15, 0.2) is 11.4 Å². The molecule has 0 heterocycles. The zero-order chi connectivity index (χ0) is 17.5. The van der Waals surface area contributed by atoms with Gasteiger partial charge >= 0.3 is 0 Å². The van der Waals surface area contributed by atoms with Crippen molar-refractivity contribution in [1.29, 1.82) is 5.26 Å². The summed E-state index contributed by atoms with van der Waals surface area (Å²) in [6.45, 7) is 3.90. The van der Waals surface area contributed by atoms with Crippen molar-refractivity contribution in [2.45, 2.75) is 13.8 Å². The van der Waals surface area contributed by atoms with Gasteiger partial charge in [-0.15, -0.1) is 0 Å². The quantitative estimate of drug-likeness (QED) is 0.384. The van der Waals surface area contributed by atoms with Crippen LogP contribution < -0.4 is 10.6 Å². The fraction of sp³-hybridized carbons (Fsp3) is 0.167. The average Bonchev–Trinajstić information content (AvgIpc) is 2.58. The number of nitrogens with zero attached hydrogens (tertiary/aromatic N) is 2. The second-order valence-electron chi connectivity index (χ2n) is 5.18. The van der Waals surface area contributed by atoms with E-state index in [0.717, 1.165) is 11.1 Å². The molecule has 0 atom stereocenters. The Bertz CT molecular complexity index is 807. The second-order valence-corrected chi connectivity index (χ2v) is 5.97. The molecule has 5 nitrogen and oxygen atoms in total. The van der Waals surface area contributed by atoms with Crippen LogP contribution in [0.2, 0.25) is 0 Å². The van der Waals surface area contributed by atoms with Gasteiger partial charge in [-0.05, 0) is 49.9 Å². The van der Waals surface area contributed by atoms with Gasteiger partial charge in [0, 0.05) is 11.3 Å². The largest absolute Gasteiger partial charge is 0.322 e. The van der Waals surface area contributed by atoms with E-state index in [9.17, 15) is 4.79 Å². The van der Waals surface area contributed by atoms with Crippen LogP contribution in [0.4, 0.5) is 11.4 Å². The number of benzene rings is 2. The molecule has 0 saturated carbocycles. The van der Waals surface area contributed by atoms with Crippen LogP contribution in [-0.4, -0.2) is 17.3 Å². The van der Waals surface area contributed by atoms with E-state index < -0.39 is 0 Å². The van der Waals surface area contributed by atoms with E-state index in [1.54, 1.807) is 18.2 Å². The summed E-state index contributed by atoms with van der Waals surface area (Å²) in [6, 6.07) is 12.9. The summed E-state index contributed by atoms with van der Waals surface area (Å²) in [4.78, 5) is 16.7. The first-order valence-corrected chi connectivity index (χ1v) is 8.52. The number of amidine groups is 1. The van der Waals surface area contributed by atoms with E-state index in [2.05, 4.69) is 15.6 Å². The van der Waals surface area contributed by atoms with Crippen molar-refractivity contribution >= 4 is 34.2 Å². The van der Waals surface area contributed by atoms with E-state index in [1.165, 1.54) is 11.8 Å². The number of thioether (sulfide) groups is 1. The van der Waals surface area contributed by atoms with Crippen LogP contribution in [0.5, 0.6) is 0 Å². The molecular formula is C18H18N4OS. The molecule has 0 aliphatic rings. The Kier molecular flexibility index (Phi) is 5.99. The third-order valence-electron chi connectivity index (χ3n) is 3.37. The van der Waals surface area contributed by atoms with Gasteiger partial charge < -0.3 is 5.32 Å². The van der Waals surface area contributed by atoms with E-state index >= 15 is 0 Å². The summed E-state index contributed by atoms with van der Waals surface area (Å²) in [5.41, 5.74) is 4.00. The monoisotopic (exact) mass is 338 g/mol. The summed E-state index contributed by atoms with van der Waals surface area (Å²) in [6.07, 6.45) is 3.68. The normalized spacial score (nSPS) is 10.8. The van der Waals surface area contributed by atoms with E-state index in [0.29, 0.717) is 22.1 Å². The fourth-order valence-corrected chi connectivity index (χ4v) is 2.35. The SMILES string of the molecule is CSC(=Nc1ccc(C)c(NC(=O)c2ccc(C)cc2)c1)NC#N. The predicted octanol–water partition coefficient (Wildman–Crippen LogP) is 3.98. The maximum absolute atomic E-state index is 12.4. The number of aryl methyl sites for hydroxylation is 2. The molecule has 2 N–H and O–H groups in total. The molecule has 0 saturated heterocycles. The number of carbonyl (C=O) groups is 1. The van der Waals surface area contributed by atoms with Gasteiger partial charge in [-0.2, -0.15) is 5.26 Å². The summed E-state index contributed by atoms with van der Waals surface area (Å²) in [5, 5.41) is 14.6. The minimum atomic E-state index is -0.167. The summed E-state index contributed by atoms with van der Waals surface area (Å²) < 4.78 is 0. The smallest absolute Gasteiger partial charge is 0.255 e. The Hall–Kier alpha value is -2.78. The summed E-state index contributed by atoms with van der Waals surface area (Å²) in [5.74, 6) is -0.167. The molecule has 24 heavy (non-hydrogen) atoms. The highest BCUT2D eigenvalue weighted by molar-refractivity contribution is 8.13. The maximum Gasteiger partial charge on any atom is 0.255 e. The molecule has 2 aromatic rings. The first-order chi connectivity index (χ1) is 11.5. The number of anilines is 1. The minimum absolute atomic E-state index is 0.167. The van der Waals surface area contributed by atoms with E-state index in [-0.39, 0.29) is 5.91 Å². The first kappa shape index (κ1) is 17.6. The molecule has 0 fully saturated rings. The van der Waals surface area contributed by atoms with Gasteiger partial charge in [0.1, 0.15) is 0 Å². The van der Waals surface area contributed by atoms with Gasteiger partial charge in [0.05, 0.1) is 5.69 Å². The highest BCUT2D eigenvalue weighted by Crippen LogP contribution is 2.24. The van der Waals surface area contributed by atoms with Crippen molar-refractivity contribution in [3.05, 3.63) is 59.2 Å². The fourth-order valence-electron chi connectivity index (χ4n) is 2.00. The lowest BCUT2D eigenvalue weighted by Crippen LogP contribution is -2.13. The molecule has 0 aromatic heterocycles. The number of rotatable bonds is 3. The van der Waals surface area contributed by atoms with E-state index in [1.807, 2.05) is 50.6 Å². The van der Waals surface area contributed by atoms with Crippen molar-refractivity contribution in [2.24, 2.45) is 4.99 Å². The van der Waals surface area contributed by atoms with Crippen molar-refractivity contribution < 1.29 is 4.79 Å². The maximum atomic E-state index is 12.4. The molecular weight excluding hydrogens is 320 g/mol. The van der Waals surface area contributed by atoms with Gasteiger partial charge in [0.2, 0.25) is 0 Å². The zero-order valence-corrected chi connectivity index (χ0v) is 14.6. The molecule has 2 aromatic carbocycles. The molecule has 0 aliphatic heterocycles. The summed E-state index contributed by atoms with van der Waals surface area (Å²) in [7, 11) is 0. The molecule has 0 bridgehead atoms. The van der Waals surface area contributed by atoms with Crippen LogP contribution in [-0.2, 0) is 0 Å². The van der Waals surface area contributed by atoms with Crippen LogP contribution in [0.15, 0.2) is 47.5 Å². The number of carbonyl (C=O) groups excluding carboxylic acids is 1. The number of nitrogens with one attached hydrogen (secondary N) is 2. The number of aliphatic imine (C=N–C) groups is 1. The highest BCUT2D eigenvalue weighted by Gasteiger charge is 2.08. The Labute approximate surface area is 145 Å². The third kappa shape index (κ3) is 4.61. The lowest BCUT2D eigenvalue weighted by molar-refractivity contribution is 0.102. The van der Waals surface area contributed by atoms with Crippen LogP contribution in [0, 0.1) is 25.3 Å². The molecule has 0 radical (unpaired) electrons. The van der Waals surface area contributed by atoms with Crippen molar-refractivity contribution in [3.63, 3.8) is 0 Å². The van der Waals surface area contributed by atoms with Crippen LogP contribution in [0.1, 0.15) is 21.5 Å². The van der Waals surface area contributed by atoms with Gasteiger partial charge in [0.25, 0.3) is 5.91 Å². The molecule has 0 spiro atoms. The van der Waals surface area contributed by atoms with Gasteiger partial charge in [-0.3, -0.25) is 10.1 Å². The minimum Gasteiger partial charge on any atom is -0.322 e. The second kappa shape index (κ2) is 8.18. The number of hydrogen-bond acceptors (Lipinski definition) is 4. The number of hydrogen-bond donors (Lipinski definition) is 2. The molecule has 2 rings (SSSR count). The van der Waals surface area contributed by atoms with Gasteiger partial charge in [-0.1, -0.05) is 35.5 Å². The van der Waals surface area contributed by atoms with Gasteiger partial charge in [-0.25, -0.2) is 4.99 Å². The summed E-state index contributed by atoms with van der Waals surface area (Å²) >= 11 is 1.34. The molecule has 6 heteroatoms. The van der Waals surface area contributed by atoms with Crippen LogP contribution in [0.3, 0.4) is 0 Å². The topological polar surface area (TPSA) is 77.3 Å². The number of nitriles is 1. The Morgan fingerprint density at radius 2 is 1.88 bits per heavy atom. The van der Waals surface area contributed by atoms with E-state index in [4.69, 9.17) is 5.26 Å². The lowest BCUT2D eigenvalue weighted by Gasteiger charge is -2.10. The third-order valence-corrected chi connectivity index (χ3v) is 3.95. The molecule has 0 aliphatic carbocycles. The predicted molar refractivity (Wildman–Crippen MR) is 99.7 cm³/mol. The average molecular weight is 338 g/mol. The Morgan fingerprint density at radius 1 is 1.17 bits per heavy atom. The molecule has 0 unspecified atom stereocenters. The zero-order valence-electron chi connectivity index (χ0n) is 13.8. The Morgan fingerprint density at radius 3 is 2.50 bits per heavy atom. The standard InChI is InChI=1S/C18H18N4OS/c1-12-4-7-14(8-5-12)17(23)22-16-10-15(9-6-13(16)2)21-18(24-3)20-11-19/h4-10H,1-3H3,(H,20,21)(H,22,23). The van der Waals surface area contributed by atoms with Crippen molar-refractivity contribution in [1.82, 2.24) is 5.32 Å². The number of amides is 1. The Balaban J connectivity index is 2.24. The molecule has 122 valence electrons.